The lowest BCUT2D eigenvalue weighted by atomic mass is 9.85. The van der Waals surface area contributed by atoms with E-state index in [1.807, 2.05) is 37.3 Å². The smallest absolute Gasteiger partial charge is 0.325 e. The number of urea groups is 1. The Morgan fingerprint density at radius 2 is 1.78 bits per heavy atom. The molecule has 0 aliphatic carbocycles. The van der Waals surface area contributed by atoms with Gasteiger partial charge in [-0.25, -0.2) is 4.79 Å². The summed E-state index contributed by atoms with van der Waals surface area (Å²) in [6, 6.07) is 15.5. The number of carbonyl (C=O) groups excluding carboxylic acids is 4. The van der Waals surface area contributed by atoms with Gasteiger partial charge >= 0.3 is 6.03 Å². The molecule has 166 valence electrons. The summed E-state index contributed by atoms with van der Waals surface area (Å²) in [4.78, 5) is 53.1. The molecule has 4 rings (SSSR count). The van der Waals surface area contributed by atoms with Gasteiger partial charge in [0.25, 0.3) is 5.91 Å². The fourth-order valence-electron chi connectivity index (χ4n) is 4.37. The van der Waals surface area contributed by atoms with Crippen LogP contribution in [0.1, 0.15) is 38.2 Å². The van der Waals surface area contributed by atoms with Crippen LogP contribution in [-0.4, -0.2) is 41.7 Å². The molecule has 2 saturated heterocycles. The van der Waals surface area contributed by atoms with Crippen molar-refractivity contribution in [2.24, 2.45) is 0 Å². The summed E-state index contributed by atoms with van der Waals surface area (Å²) in [5.41, 5.74) is 0.861. The fraction of sp³-hybridized carbons (Fsp3) is 0.333. The molecular weight excluding hydrogens is 408 g/mol. The second-order valence-electron chi connectivity index (χ2n) is 8.09. The van der Waals surface area contributed by atoms with Crippen LogP contribution in [0.25, 0.3) is 0 Å². The highest BCUT2D eigenvalue weighted by Gasteiger charge is 2.52. The molecule has 1 unspecified atom stereocenters. The zero-order valence-corrected chi connectivity index (χ0v) is 18.0. The number of amides is 5. The fourth-order valence-corrected chi connectivity index (χ4v) is 4.37. The van der Waals surface area contributed by atoms with E-state index in [9.17, 15) is 19.2 Å². The molecule has 2 N–H and O–H groups in total. The first-order chi connectivity index (χ1) is 15.4. The highest BCUT2D eigenvalue weighted by molar-refractivity contribution is 6.10. The quantitative estimate of drug-likeness (QED) is 0.655. The van der Waals surface area contributed by atoms with Crippen LogP contribution < -0.4 is 15.5 Å². The topological polar surface area (TPSA) is 98.8 Å². The van der Waals surface area contributed by atoms with E-state index in [1.54, 1.807) is 29.2 Å². The minimum atomic E-state index is -1.16. The maximum atomic E-state index is 13.3. The van der Waals surface area contributed by atoms with E-state index in [0.717, 1.165) is 17.0 Å². The molecule has 8 nitrogen and oxygen atoms in total. The zero-order chi connectivity index (χ0) is 22.7. The van der Waals surface area contributed by atoms with Gasteiger partial charge in [0.05, 0.1) is 0 Å². The molecule has 0 radical (unpaired) electrons. The van der Waals surface area contributed by atoms with Crippen molar-refractivity contribution in [3.8, 4) is 0 Å². The number of hydrogen-bond acceptors (Lipinski definition) is 4. The molecule has 0 saturated carbocycles. The molecule has 2 fully saturated rings. The molecule has 2 aromatic carbocycles. The van der Waals surface area contributed by atoms with Gasteiger partial charge in [0.2, 0.25) is 11.8 Å². The lowest BCUT2D eigenvalue weighted by Gasteiger charge is -2.26. The first kappa shape index (κ1) is 21.5. The average Bonchev–Trinajstić information content (AvgIpc) is 3.32. The van der Waals surface area contributed by atoms with Gasteiger partial charge in [-0.15, -0.1) is 0 Å². The molecule has 8 heteroatoms. The number of nitrogens with zero attached hydrogens (tertiary/aromatic N) is 2. The number of rotatable bonds is 7. The summed E-state index contributed by atoms with van der Waals surface area (Å²) in [6.07, 6.45) is 2.52. The minimum Gasteiger partial charge on any atom is -0.325 e. The summed E-state index contributed by atoms with van der Waals surface area (Å²) in [5, 5.41) is 5.54. The summed E-state index contributed by atoms with van der Waals surface area (Å²) in [6.45, 7) is 2.26. The predicted octanol–water partition coefficient (Wildman–Crippen LogP) is 3.00. The molecule has 2 heterocycles. The second-order valence-corrected chi connectivity index (χ2v) is 8.09. The summed E-state index contributed by atoms with van der Waals surface area (Å²) < 4.78 is 0. The Morgan fingerprint density at radius 3 is 2.41 bits per heavy atom. The van der Waals surface area contributed by atoms with Crippen LogP contribution in [0.5, 0.6) is 0 Å². The van der Waals surface area contributed by atoms with Crippen LogP contribution in [0.4, 0.5) is 16.2 Å². The predicted molar refractivity (Wildman–Crippen MR) is 120 cm³/mol. The molecule has 2 aliphatic rings. The minimum absolute atomic E-state index is 0.0920. The van der Waals surface area contributed by atoms with Crippen molar-refractivity contribution in [2.75, 3.05) is 23.3 Å². The van der Waals surface area contributed by atoms with Gasteiger partial charge in [-0.05, 0) is 42.7 Å². The van der Waals surface area contributed by atoms with Crippen molar-refractivity contribution in [3.05, 3.63) is 60.2 Å². The highest BCUT2D eigenvalue weighted by atomic mass is 16.2. The summed E-state index contributed by atoms with van der Waals surface area (Å²) in [5.74, 6) is -0.804. The number of carbonyl (C=O) groups is 4. The van der Waals surface area contributed by atoms with Crippen LogP contribution in [0.2, 0.25) is 0 Å². The van der Waals surface area contributed by atoms with Crippen molar-refractivity contribution in [3.63, 3.8) is 0 Å². The maximum absolute atomic E-state index is 13.3. The molecule has 0 bridgehead atoms. The molecule has 2 aliphatic heterocycles. The van der Waals surface area contributed by atoms with E-state index in [4.69, 9.17) is 0 Å². The SMILES string of the molecule is CCCC1(c2ccccc2)NC(=O)N(CC(=O)Nc2ccc(N3CCCC3=O)cc2)C1=O. The van der Waals surface area contributed by atoms with E-state index in [2.05, 4.69) is 10.6 Å². The average molecular weight is 434 g/mol. The lowest BCUT2D eigenvalue weighted by molar-refractivity contribution is -0.134. The first-order valence-corrected chi connectivity index (χ1v) is 10.8. The van der Waals surface area contributed by atoms with Crippen LogP contribution in [0.15, 0.2) is 54.6 Å². The molecule has 0 aromatic heterocycles. The Morgan fingerprint density at radius 1 is 1.06 bits per heavy atom. The molecule has 0 spiro atoms. The Balaban J connectivity index is 1.44. The van der Waals surface area contributed by atoms with Crippen LogP contribution >= 0.6 is 0 Å². The van der Waals surface area contributed by atoms with E-state index < -0.39 is 23.4 Å². The number of nitrogens with one attached hydrogen (secondary N) is 2. The zero-order valence-electron chi connectivity index (χ0n) is 18.0. The Kier molecular flexibility index (Phi) is 5.94. The van der Waals surface area contributed by atoms with E-state index in [0.29, 0.717) is 37.1 Å². The third-order valence-corrected chi connectivity index (χ3v) is 5.91. The Labute approximate surface area is 186 Å². The first-order valence-electron chi connectivity index (χ1n) is 10.8. The van der Waals surface area contributed by atoms with Crippen molar-refractivity contribution < 1.29 is 19.2 Å². The molecule has 5 amide bonds. The van der Waals surface area contributed by atoms with Gasteiger partial charge in [-0.3, -0.25) is 19.3 Å². The third kappa shape index (κ3) is 3.95. The lowest BCUT2D eigenvalue weighted by Crippen LogP contribution is -2.44. The van der Waals surface area contributed by atoms with Gasteiger partial charge in [0.1, 0.15) is 12.1 Å². The summed E-state index contributed by atoms with van der Waals surface area (Å²) >= 11 is 0. The van der Waals surface area contributed by atoms with Gasteiger partial charge in [-0.2, -0.15) is 0 Å². The van der Waals surface area contributed by atoms with Crippen molar-refractivity contribution in [1.29, 1.82) is 0 Å². The largest absolute Gasteiger partial charge is 0.325 e. The Bertz CT molecular complexity index is 1040. The number of benzene rings is 2. The molecule has 1 atom stereocenters. The van der Waals surface area contributed by atoms with Gasteiger partial charge in [-0.1, -0.05) is 43.7 Å². The second kappa shape index (κ2) is 8.82. The third-order valence-electron chi connectivity index (χ3n) is 5.91. The number of anilines is 2. The van der Waals surface area contributed by atoms with E-state index >= 15 is 0 Å². The monoisotopic (exact) mass is 434 g/mol. The van der Waals surface area contributed by atoms with Crippen LogP contribution in [0.3, 0.4) is 0 Å². The van der Waals surface area contributed by atoms with E-state index in [1.165, 1.54) is 0 Å². The van der Waals surface area contributed by atoms with Crippen LogP contribution in [-0.2, 0) is 19.9 Å². The highest BCUT2D eigenvalue weighted by Crippen LogP contribution is 2.33. The van der Waals surface area contributed by atoms with Crippen LogP contribution in [0, 0.1) is 0 Å². The molecular formula is C24H26N4O4. The van der Waals surface area contributed by atoms with Crippen molar-refractivity contribution >= 4 is 35.1 Å². The molecule has 2 aromatic rings. The number of hydrogen-bond donors (Lipinski definition) is 2. The normalized spacial score (nSPS) is 20.6. The summed E-state index contributed by atoms with van der Waals surface area (Å²) in [7, 11) is 0. The Hall–Kier alpha value is -3.68. The van der Waals surface area contributed by atoms with Gasteiger partial charge in [0.15, 0.2) is 0 Å². The standard InChI is InChI=1S/C24H26N4O4/c1-2-14-24(17-7-4-3-5-8-17)22(31)28(23(32)26-24)16-20(29)25-18-10-12-19(13-11-18)27-15-6-9-21(27)30/h3-5,7-8,10-13H,2,6,9,14-16H2,1H3,(H,25,29)(H,26,32). The number of imide groups is 1. The van der Waals surface area contributed by atoms with Gasteiger partial charge in [0, 0.05) is 24.3 Å². The maximum Gasteiger partial charge on any atom is 0.325 e. The van der Waals surface area contributed by atoms with Crippen molar-refractivity contribution in [1.82, 2.24) is 10.2 Å². The molecule has 32 heavy (non-hydrogen) atoms. The van der Waals surface area contributed by atoms with Crippen molar-refractivity contribution in [2.45, 2.75) is 38.1 Å². The van der Waals surface area contributed by atoms with Gasteiger partial charge < -0.3 is 15.5 Å². The van der Waals surface area contributed by atoms with E-state index in [-0.39, 0.29) is 12.5 Å².